The first-order valence-corrected chi connectivity index (χ1v) is 8.99. The Labute approximate surface area is 138 Å². The first-order valence-electron chi connectivity index (χ1n) is 5.62. The third kappa shape index (κ3) is 2.36. The summed E-state index contributed by atoms with van der Waals surface area (Å²) in [4.78, 5) is 1.03. The fourth-order valence-electron chi connectivity index (χ4n) is 2.00. The molecule has 0 fully saturated rings. The van der Waals surface area contributed by atoms with Crippen molar-refractivity contribution < 1.29 is 0 Å². The van der Waals surface area contributed by atoms with E-state index in [1.165, 1.54) is 10.1 Å². The molecule has 0 aliphatic rings. The van der Waals surface area contributed by atoms with Gasteiger partial charge in [-0.1, -0.05) is 23.7 Å². The van der Waals surface area contributed by atoms with E-state index in [0.717, 1.165) is 25.5 Å². The number of aryl methyl sites for hydroxylation is 1. The fraction of sp³-hybridized carbons (Fsp3) is 0.143. The van der Waals surface area contributed by atoms with Gasteiger partial charge >= 0.3 is 0 Å². The van der Waals surface area contributed by atoms with Crippen LogP contribution in [0.3, 0.4) is 0 Å². The SMILES string of the molecule is Cc1csc(C(Cl)c2csc3c(Br)cccc23)c1Cl. The highest BCUT2D eigenvalue weighted by molar-refractivity contribution is 9.10. The Morgan fingerprint density at radius 1 is 1.21 bits per heavy atom. The molecule has 0 amide bonds. The molecule has 0 nitrogen and oxygen atoms in total. The first-order chi connectivity index (χ1) is 9.09. The molecule has 0 spiro atoms. The summed E-state index contributed by atoms with van der Waals surface area (Å²) in [6.07, 6.45) is 0. The molecule has 5 heteroatoms. The maximum Gasteiger partial charge on any atom is 0.0956 e. The molecule has 2 heterocycles. The van der Waals surface area contributed by atoms with Crippen LogP contribution in [-0.4, -0.2) is 0 Å². The number of hydrogen-bond acceptors (Lipinski definition) is 2. The van der Waals surface area contributed by atoms with E-state index in [4.69, 9.17) is 23.2 Å². The van der Waals surface area contributed by atoms with Crippen molar-refractivity contribution >= 4 is 71.9 Å². The van der Waals surface area contributed by atoms with E-state index in [0.29, 0.717) is 0 Å². The molecule has 1 aromatic carbocycles. The van der Waals surface area contributed by atoms with Crippen LogP contribution in [0.1, 0.15) is 21.4 Å². The van der Waals surface area contributed by atoms with E-state index < -0.39 is 0 Å². The topological polar surface area (TPSA) is 0 Å². The summed E-state index contributed by atoms with van der Waals surface area (Å²) in [5, 5.41) is 5.98. The number of hydrogen-bond donors (Lipinski definition) is 0. The molecule has 0 radical (unpaired) electrons. The molecule has 0 aliphatic heterocycles. The van der Waals surface area contributed by atoms with Gasteiger partial charge in [-0.25, -0.2) is 0 Å². The Hall–Kier alpha value is -0.0600. The summed E-state index contributed by atoms with van der Waals surface area (Å²) in [5.41, 5.74) is 2.22. The number of fused-ring (bicyclic) bond motifs is 1. The zero-order chi connectivity index (χ0) is 13.6. The maximum absolute atomic E-state index is 6.64. The standard InChI is InChI=1S/C14H9BrCl2S2/c1-7-5-18-14(11(7)16)12(17)9-6-19-13-8(9)3-2-4-10(13)15/h2-6,12H,1H3. The summed E-state index contributed by atoms with van der Waals surface area (Å²) < 4.78 is 2.34. The molecule has 0 aliphatic carbocycles. The molecule has 0 saturated heterocycles. The lowest BCUT2D eigenvalue weighted by atomic mass is 10.1. The largest absolute Gasteiger partial charge is 0.145 e. The van der Waals surface area contributed by atoms with Gasteiger partial charge < -0.3 is 0 Å². The Kier molecular flexibility index (Phi) is 3.93. The smallest absolute Gasteiger partial charge is 0.0956 e. The number of thiophene rings is 2. The normalized spacial score (nSPS) is 13.1. The van der Waals surface area contributed by atoms with E-state index in [1.54, 1.807) is 22.7 Å². The fourth-order valence-corrected chi connectivity index (χ4v) is 5.52. The molecule has 19 heavy (non-hydrogen) atoms. The second-order valence-corrected chi connectivity index (χ2v) is 7.73. The van der Waals surface area contributed by atoms with Crippen molar-refractivity contribution in [2.45, 2.75) is 12.3 Å². The highest BCUT2D eigenvalue weighted by Crippen LogP contribution is 2.44. The quantitative estimate of drug-likeness (QED) is 0.412. The molecule has 1 atom stereocenters. The number of benzene rings is 1. The molecule has 0 bridgehead atoms. The molecule has 3 rings (SSSR count). The minimum Gasteiger partial charge on any atom is -0.145 e. The second kappa shape index (κ2) is 5.38. The average molecular weight is 392 g/mol. The van der Waals surface area contributed by atoms with Crippen LogP contribution in [-0.2, 0) is 0 Å². The van der Waals surface area contributed by atoms with Crippen molar-refractivity contribution in [2.75, 3.05) is 0 Å². The summed E-state index contributed by atoms with van der Waals surface area (Å²) in [6, 6.07) is 6.19. The van der Waals surface area contributed by atoms with Crippen LogP contribution in [0.25, 0.3) is 10.1 Å². The molecule has 98 valence electrons. The molecule has 3 aromatic rings. The van der Waals surface area contributed by atoms with Gasteiger partial charge in [0.05, 0.1) is 10.4 Å². The Morgan fingerprint density at radius 2 is 2.00 bits per heavy atom. The minimum absolute atomic E-state index is 0.186. The van der Waals surface area contributed by atoms with Crippen LogP contribution in [0.4, 0.5) is 0 Å². The van der Waals surface area contributed by atoms with Gasteiger partial charge in [-0.05, 0) is 56.2 Å². The second-order valence-electron chi connectivity index (χ2n) is 4.27. The Bertz CT molecular complexity index is 745. The number of halogens is 3. The van der Waals surface area contributed by atoms with Crippen LogP contribution < -0.4 is 0 Å². The predicted octanol–water partition coefficient (Wildman–Crippen LogP) is 7.02. The summed E-state index contributed by atoms with van der Waals surface area (Å²) in [6.45, 7) is 2.01. The van der Waals surface area contributed by atoms with Gasteiger partial charge in [0.2, 0.25) is 0 Å². The zero-order valence-corrected chi connectivity index (χ0v) is 14.6. The third-order valence-corrected chi connectivity index (χ3v) is 7.34. The molecular formula is C14H9BrCl2S2. The van der Waals surface area contributed by atoms with E-state index in [-0.39, 0.29) is 5.38 Å². The molecular weight excluding hydrogens is 383 g/mol. The average Bonchev–Trinajstić information content (AvgIpc) is 2.96. The van der Waals surface area contributed by atoms with Crippen LogP contribution in [0.2, 0.25) is 5.02 Å². The lowest BCUT2D eigenvalue weighted by Crippen LogP contribution is -1.89. The van der Waals surface area contributed by atoms with Gasteiger partial charge in [0, 0.05) is 14.0 Å². The van der Waals surface area contributed by atoms with Crippen molar-refractivity contribution in [3.8, 4) is 0 Å². The van der Waals surface area contributed by atoms with E-state index in [9.17, 15) is 0 Å². The van der Waals surface area contributed by atoms with Crippen molar-refractivity contribution in [3.05, 3.63) is 54.5 Å². The van der Waals surface area contributed by atoms with Crippen LogP contribution in [0.15, 0.2) is 33.4 Å². The molecule has 0 N–H and O–H groups in total. The number of rotatable bonds is 2. The lowest BCUT2D eigenvalue weighted by molar-refractivity contribution is 1.22. The molecule has 1 unspecified atom stereocenters. The van der Waals surface area contributed by atoms with Gasteiger partial charge in [0.15, 0.2) is 0 Å². The summed E-state index contributed by atoms with van der Waals surface area (Å²) >= 11 is 19.9. The van der Waals surface area contributed by atoms with Gasteiger partial charge in [-0.15, -0.1) is 34.3 Å². The van der Waals surface area contributed by atoms with E-state index in [2.05, 4.69) is 32.8 Å². The van der Waals surface area contributed by atoms with Crippen LogP contribution >= 0.6 is 61.8 Å². The Balaban J connectivity index is 2.14. The summed E-state index contributed by atoms with van der Waals surface area (Å²) in [5.74, 6) is 0. The van der Waals surface area contributed by atoms with Gasteiger partial charge in [0.25, 0.3) is 0 Å². The highest BCUT2D eigenvalue weighted by Gasteiger charge is 2.21. The van der Waals surface area contributed by atoms with E-state index in [1.807, 2.05) is 19.1 Å². The predicted molar refractivity (Wildman–Crippen MR) is 91.3 cm³/mol. The van der Waals surface area contributed by atoms with Gasteiger partial charge in [-0.2, -0.15) is 0 Å². The van der Waals surface area contributed by atoms with Crippen molar-refractivity contribution in [2.24, 2.45) is 0 Å². The zero-order valence-electron chi connectivity index (χ0n) is 9.91. The third-order valence-electron chi connectivity index (χ3n) is 3.01. The lowest BCUT2D eigenvalue weighted by Gasteiger charge is -2.08. The summed E-state index contributed by atoms with van der Waals surface area (Å²) in [7, 11) is 0. The van der Waals surface area contributed by atoms with Crippen LogP contribution in [0.5, 0.6) is 0 Å². The molecule has 2 aromatic heterocycles. The van der Waals surface area contributed by atoms with Crippen molar-refractivity contribution in [1.29, 1.82) is 0 Å². The van der Waals surface area contributed by atoms with Gasteiger partial charge in [-0.3, -0.25) is 0 Å². The highest BCUT2D eigenvalue weighted by atomic mass is 79.9. The monoisotopic (exact) mass is 390 g/mol. The van der Waals surface area contributed by atoms with E-state index >= 15 is 0 Å². The maximum atomic E-state index is 6.64. The Morgan fingerprint density at radius 3 is 2.68 bits per heavy atom. The number of alkyl halides is 1. The minimum atomic E-state index is -0.186. The van der Waals surface area contributed by atoms with Crippen LogP contribution in [0, 0.1) is 6.92 Å². The van der Waals surface area contributed by atoms with Gasteiger partial charge in [0.1, 0.15) is 0 Å². The molecule has 0 saturated carbocycles. The van der Waals surface area contributed by atoms with Crippen molar-refractivity contribution in [3.63, 3.8) is 0 Å². The van der Waals surface area contributed by atoms with Crippen molar-refractivity contribution in [1.82, 2.24) is 0 Å². The first kappa shape index (κ1) is 13.9.